The predicted molar refractivity (Wildman–Crippen MR) is 76.6 cm³/mol. The highest BCUT2D eigenvalue weighted by atomic mass is 32.2. The molecule has 1 heterocycles. The van der Waals surface area contributed by atoms with Crippen molar-refractivity contribution in [2.45, 2.75) is 5.16 Å². The van der Waals surface area contributed by atoms with Gasteiger partial charge in [0, 0.05) is 12.4 Å². The minimum atomic E-state index is -0.238. The molecule has 0 bridgehead atoms. The number of nitrogens with zero attached hydrogens (tertiary/aromatic N) is 3. The Balaban J connectivity index is 1.76. The lowest BCUT2D eigenvalue weighted by molar-refractivity contribution is -0.118. The average molecular weight is 288 g/mol. The third-order valence-electron chi connectivity index (χ3n) is 2.17. The molecule has 102 valence electrons. The van der Waals surface area contributed by atoms with E-state index in [1.165, 1.54) is 18.0 Å². The van der Waals surface area contributed by atoms with Crippen molar-refractivity contribution in [2.24, 2.45) is 5.10 Å². The van der Waals surface area contributed by atoms with Crippen molar-refractivity contribution in [3.05, 3.63) is 48.3 Å². The number of hydrogen-bond acceptors (Lipinski definition) is 6. The van der Waals surface area contributed by atoms with Crippen LogP contribution in [0.25, 0.3) is 0 Å². The second-order valence-electron chi connectivity index (χ2n) is 3.70. The van der Waals surface area contributed by atoms with Crippen LogP contribution >= 0.6 is 11.8 Å². The van der Waals surface area contributed by atoms with Crippen LogP contribution in [-0.4, -0.2) is 32.9 Å². The first kappa shape index (κ1) is 14.0. The average Bonchev–Trinajstić information content (AvgIpc) is 2.48. The molecule has 0 saturated heterocycles. The molecule has 0 atom stereocenters. The third kappa shape index (κ3) is 4.69. The lowest BCUT2D eigenvalue weighted by atomic mass is 10.2. The number of carbonyl (C=O) groups is 1. The third-order valence-corrected chi connectivity index (χ3v) is 3.05. The number of phenols is 1. The summed E-state index contributed by atoms with van der Waals surface area (Å²) in [4.78, 5) is 19.5. The summed E-state index contributed by atoms with van der Waals surface area (Å²) in [6, 6.07) is 8.19. The van der Waals surface area contributed by atoms with E-state index in [4.69, 9.17) is 5.11 Å². The number of aromatic hydroxyl groups is 1. The Morgan fingerprint density at radius 3 is 2.70 bits per heavy atom. The maximum absolute atomic E-state index is 11.5. The minimum Gasteiger partial charge on any atom is -0.508 e. The van der Waals surface area contributed by atoms with Crippen LogP contribution < -0.4 is 5.43 Å². The van der Waals surface area contributed by atoms with Gasteiger partial charge in [-0.3, -0.25) is 4.79 Å². The van der Waals surface area contributed by atoms with E-state index in [9.17, 15) is 4.79 Å². The van der Waals surface area contributed by atoms with E-state index in [1.807, 2.05) is 0 Å². The van der Waals surface area contributed by atoms with Crippen molar-refractivity contribution in [3.8, 4) is 5.75 Å². The van der Waals surface area contributed by atoms with Crippen molar-refractivity contribution in [3.63, 3.8) is 0 Å². The second-order valence-corrected chi connectivity index (χ2v) is 4.65. The number of benzene rings is 1. The van der Waals surface area contributed by atoms with Crippen LogP contribution in [0.15, 0.2) is 53.0 Å². The van der Waals surface area contributed by atoms with Crippen molar-refractivity contribution < 1.29 is 9.90 Å². The molecule has 0 spiro atoms. The maximum atomic E-state index is 11.5. The standard InChI is InChI=1S/C13H12N4O2S/c18-11-4-2-10(3-5-11)8-16-17-12(19)9-20-13-14-6-1-7-15-13/h1-8,18H,9H2,(H,17,19)/b16-8-. The van der Waals surface area contributed by atoms with E-state index in [2.05, 4.69) is 20.5 Å². The zero-order chi connectivity index (χ0) is 14.2. The molecule has 2 aromatic rings. The Morgan fingerprint density at radius 1 is 1.30 bits per heavy atom. The molecule has 6 nitrogen and oxygen atoms in total. The molecule has 0 unspecified atom stereocenters. The van der Waals surface area contributed by atoms with Gasteiger partial charge in [-0.15, -0.1) is 0 Å². The molecule has 0 saturated carbocycles. The van der Waals surface area contributed by atoms with Crippen molar-refractivity contribution in [1.82, 2.24) is 15.4 Å². The fourth-order valence-electron chi connectivity index (χ4n) is 1.26. The summed E-state index contributed by atoms with van der Waals surface area (Å²) >= 11 is 1.24. The highest BCUT2D eigenvalue weighted by molar-refractivity contribution is 7.99. The summed E-state index contributed by atoms with van der Waals surface area (Å²) in [7, 11) is 0. The number of rotatable bonds is 5. The van der Waals surface area contributed by atoms with Gasteiger partial charge in [-0.05, 0) is 35.9 Å². The maximum Gasteiger partial charge on any atom is 0.250 e. The highest BCUT2D eigenvalue weighted by Gasteiger charge is 2.02. The Labute approximate surface area is 120 Å². The number of nitrogens with one attached hydrogen (secondary N) is 1. The second kappa shape index (κ2) is 7.25. The number of phenolic OH excluding ortho intramolecular Hbond substituents is 1. The van der Waals surface area contributed by atoms with Crippen LogP contribution in [-0.2, 0) is 4.79 Å². The normalized spacial score (nSPS) is 10.6. The van der Waals surface area contributed by atoms with Gasteiger partial charge in [0.1, 0.15) is 5.75 Å². The van der Waals surface area contributed by atoms with Crippen LogP contribution in [0.3, 0.4) is 0 Å². The first-order chi connectivity index (χ1) is 9.74. The van der Waals surface area contributed by atoms with E-state index < -0.39 is 0 Å². The summed E-state index contributed by atoms with van der Waals surface area (Å²) in [6.45, 7) is 0. The Kier molecular flexibility index (Phi) is 5.08. The fourth-order valence-corrected chi connectivity index (χ4v) is 1.86. The van der Waals surface area contributed by atoms with E-state index in [-0.39, 0.29) is 17.4 Å². The van der Waals surface area contributed by atoms with Crippen molar-refractivity contribution in [1.29, 1.82) is 0 Å². The molecular formula is C13H12N4O2S. The van der Waals surface area contributed by atoms with Crippen LogP contribution in [0.4, 0.5) is 0 Å². The zero-order valence-corrected chi connectivity index (χ0v) is 11.2. The number of thioether (sulfide) groups is 1. The van der Waals surface area contributed by atoms with Gasteiger partial charge in [-0.25, -0.2) is 15.4 Å². The highest BCUT2D eigenvalue weighted by Crippen LogP contribution is 2.10. The largest absolute Gasteiger partial charge is 0.508 e. The SMILES string of the molecule is O=C(CSc1ncccn1)N/N=C\c1ccc(O)cc1. The molecule has 7 heteroatoms. The topological polar surface area (TPSA) is 87.5 Å². The van der Waals surface area contributed by atoms with E-state index in [1.54, 1.807) is 42.7 Å². The molecule has 20 heavy (non-hydrogen) atoms. The lowest BCUT2D eigenvalue weighted by Gasteiger charge is -1.99. The van der Waals surface area contributed by atoms with Crippen LogP contribution in [0, 0.1) is 0 Å². The number of hydrogen-bond donors (Lipinski definition) is 2. The van der Waals surface area contributed by atoms with Gasteiger partial charge in [-0.2, -0.15) is 5.10 Å². The fraction of sp³-hybridized carbons (Fsp3) is 0.0769. The molecule has 0 aliphatic heterocycles. The van der Waals surface area contributed by atoms with Gasteiger partial charge < -0.3 is 5.11 Å². The van der Waals surface area contributed by atoms with Crippen LogP contribution in [0.2, 0.25) is 0 Å². The van der Waals surface area contributed by atoms with E-state index in [0.717, 1.165) is 5.56 Å². The lowest BCUT2D eigenvalue weighted by Crippen LogP contribution is -2.19. The number of carbonyl (C=O) groups excluding carboxylic acids is 1. The first-order valence-corrected chi connectivity index (χ1v) is 6.73. The number of aromatic nitrogens is 2. The molecule has 1 aromatic heterocycles. The Bertz CT molecular complexity index is 587. The van der Waals surface area contributed by atoms with Crippen molar-refractivity contribution >= 4 is 23.9 Å². The van der Waals surface area contributed by atoms with Gasteiger partial charge in [-0.1, -0.05) is 11.8 Å². The molecule has 1 amide bonds. The molecule has 0 aliphatic carbocycles. The van der Waals surface area contributed by atoms with Crippen LogP contribution in [0.5, 0.6) is 5.75 Å². The summed E-state index contributed by atoms with van der Waals surface area (Å²) in [6.07, 6.45) is 4.74. The molecule has 2 rings (SSSR count). The minimum absolute atomic E-state index is 0.186. The molecule has 0 aliphatic rings. The Morgan fingerprint density at radius 2 is 2.00 bits per heavy atom. The smallest absolute Gasteiger partial charge is 0.250 e. The van der Waals surface area contributed by atoms with Gasteiger partial charge in [0.05, 0.1) is 12.0 Å². The Hall–Kier alpha value is -2.41. The predicted octanol–water partition coefficient (Wildman–Crippen LogP) is 1.42. The molecular weight excluding hydrogens is 276 g/mol. The summed E-state index contributed by atoms with van der Waals surface area (Å²) in [5.41, 5.74) is 3.19. The summed E-state index contributed by atoms with van der Waals surface area (Å²) in [5.74, 6) is 0.139. The summed E-state index contributed by atoms with van der Waals surface area (Å²) in [5, 5.41) is 13.5. The molecule has 2 N–H and O–H groups in total. The zero-order valence-electron chi connectivity index (χ0n) is 10.4. The van der Waals surface area contributed by atoms with Gasteiger partial charge in [0.2, 0.25) is 0 Å². The van der Waals surface area contributed by atoms with Crippen molar-refractivity contribution in [2.75, 3.05) is 5.75 Å². The molecule has 0 radical (unpaired) electrons. The van der Waals surface area contributed by atoms with Gasteiger partial charge in [0.15, 0.2) is 5.16 Å². The quantitative estimate of drug-likeness (QED) is 0.376. The molecule has 0 fully saturated rings. The van der Waals surface area contributed by atoms with Gasteiger partial charge >= 0.3 is 0 Å². The van der Waals surface area contributed by atoms with E-state index in [0.29, 0.717) is 5.16 Å². The first-order valence-electron chi connectivity index (χ1n) is 5.75. The van der Waals surface area contributed by atoms with Crippen LogP contribution in [0.1, 0.15) is 5.56 Å². The summed E-state index contributed by atoms with van der Waals surface area (Å²) < 4.78 is 0. The number of hydrazone groups is 1. The van der Waals surface area contributed by atoms with E-state index >= 15 is 0 Å². The molecule has 1 aromatic carbocycles. The van der Waals surface area contributed by atoms with Gasteiger partial charge in [0.25, 0.3) is 5.91 Å². The number of amides is 1. The monoisotopic (exact) mass is 288 g/mol.